The topological polar surface area (TPSA) is 161 Å². The molecule has 0 saturated carbocycles. The van der Waals surface area contributed by atoms with Gasteiger partial charge in [0.1, 0.15) is 0 Å². The molecule has 6 rings (SSSR count). The highest BCUT2D eigenvalue weighted by Gasteiger charge is 2.41. The first-order chi connectivity index (χ1) is 27.0. The number of benzene rings is 4. The predicted molar refractivity (Wildman–Crippen MR) is 222 cm³/mol. The zero-order valence-corrected chi connectivity index (χ0v) is 34.8. The maximum Gasteiger partial charge on any atom is 0.270 e. The fourth-order valence-electron chi connectivity index (χ4n) is 9.65. The molecule has 0 atom stereocenters. The van der Waals surface area contributed by atoms with Gasteiger partial charge in [0, 0.05) is 70.1 Å². The SMILES string of the molecule is CC(C)(CN1C(=O)c2cccc3cc([N+](=O)[O-])cc(c23)C1=O)C[N+](C)(C)CCCCCC[N+](C)(C)CC(C)(C)CN1C(=O)c2cccc3cc([N+](=O)[O-])cc(c23)C1=O. The summed E-state index contributed by atoms with van der Waals surface area (Å²) in [7, 11) is 8.62. The molecule has 0 spiro atoms. The third kappa shape index (κ3) is 8.63. The monoisotopic (exact) mass is 794 g/mol. The molecule has 0 fully saturated rings. The quantitative estimate of drug-likeness (QED) is 0.0350. The van der Waals surface area contributed by atoms with Crippen LogP contribution in [-0.2, 0) is 0 Å². The Labute approximate surface area is 338 Å². The molecule has 2 aliphatic heterocycles. The van der Waals surface area contributed by atoms with Crippen molar-refractivity contribution in [2.24, 2.45) is 10.8 Å². The molecule has 4 aromatic carbocycles. The summed E-state index contributed by atoms with van der Waals surface area (Å²) in [6.07, 6.45) is 4.05. The van der Waals surface area contributed by atoms with Crippen LogP contribution < -0.4 is 0 Å². The minimum Gasteiger partial charge on any atom is -0.328 e. The Balaban J connectivity index is 0.985. The summed E-state index contributed by atoms with van der Waals surface area (Å²) in [4.78, 5) is 79.3. The third-order valence-corrected chi connectivity index (χ3v) is 11.4. The summed E-state index contributed by atoms with van der Waals surface area (Å²) in [6, 6.07) is 15.4. The molecule has 0 saturated heterocycles. The Kier molecular flexibility index (Phi) is 11.1. The minimum absolute atomic E-state index is 0.181. The molecule has 14 nitrogen and oxygen atoms in total. The van der Waals surface area contributed by atoms with E-state index in [4.69, 9.17) is 0 Å². The Hall–Kier alpha value is -5.60. The van der Waals surface area contributed by atoms with Crippen molar-refractivity contribution < 1.29 is 38.0 Å². The van der Waals surface area contributed by atoms with Crippen molar-refractivity contribution in [3.63, 3.8) is 0 Å². The number of hydrogen-bond donors (Lipinski definition) is 0. The number of carbonyl (C=O) groups is 4. The second-order valence-electron chi connectivity index (χ2n) is 19.1. The zero-order valence-electron chi connectivity index (χ0n) is 34.8. The first kappa shape index (κ1) is 42.0. The first-order valence-corrected chi connectivity index (χ1v) is 19.8. The van der Waals surface area contributed by atoms with Gasteiger partial charge in [0.25, 0.3) is 35.0 Å². The Morgan fingerprint density at radius 1 is 0.534 bits per heavy atom. The number of non-ortho nitro benzene ring substituents is 2. The highest BCUT2D eigenvalue weighted by atomic mass is 16.6. The summed E-state index contributed by atoms with van der Waals surface area (Å²) in [5.41, 5.74) is -0.122. The molecule has 0 bridgehead atoms. The Bertz CT molecular complexity index is 2220. The molecule has 306 valence electrons. The number of quaternary nitrogens is 2. The molecule has 0 aromatic heterocycles. The van der Waals surface area contributed by atoms with Crippen LogP contribution in [0.15, 0.2) is 60.7 Å². The van der Waals surface area contributed by atoms with E-state index in [9.17, 15) is 39.4 Å². The standard InChI is InChI=1S/C44H54N6O8/c1-43(2,25-45-39(51)33-17-13-15-29-21-31(47(55)56)23-35(37(29)33)41(45)53)27-49(5,6)19-11-9-10-12-20-50(7,8)28-44(3,4)26-46-40(52)34-18-14-16-30-22-32(48(57)58)24-36(38(30)34)42(46)54/h13-18,21-24H,9-12,19-20,25-28H2,1-8H3/q+2. The molecule has 0 N–H and O–H groups in total. The summed E-state index contributed by atoms with van der Waals surface area (Å²) in [5, 5.41) is 25.2. The van der Waals surface area contributed by atoms with Gasteiger partial charge in [-0.1, -0.05) is 52.0 Å². The summed E-state index contributed by atoms with van der Waals surface area (Å²) >= 11 is 0. The van der Waals surface area contributed by atoms with E-state index >= 15 is 0 Å². The molecular formula is C44H54N6O8+2. The molecule has 0 unspecified atom stereocenters. The van der Waals surface area contributed by atoms with Crippen molar-refractivity contribution in [1.29, 1.82) is 0 Å². The summed E-state index contributed by atoms with van der Waals surface area (Å²) < 4.78 is 1.38. The lowest BCUT2D eigenvalue weighted by atomic mass is 9.87. The van der Waals surface area contributed by atoms with Gasteiger partial charge < -0.3 is 8.97 Å². The van der Waals surface area contributed by atoms with Crippen LogP contribution in [0.25, 0.3) is 21.5 Å². The largest absolute Gasteiger partial charge is 0.328 e. The fourth-order valence-corrected chi connectivity index (χ4v) is 9.65. The van der Waals surface area contributed by atoms with Crippen LogP contribution in [0.3, 0.4) is 0 Å². The maximum absolute atomic E-state index is 13.7. The first-order valence-electron chi connectivity index (χ1n) is 19.8. The molecular weight excluding hydrogens is 741 g/mol. The highest BCUT2D eigenvalue weighted by molar-refractivity contribution is 6.26. The van der Waals surface area contributed by atoms with Gasteiger partial charge in [0.05, 0.1) is 75.3 Å². The molecule has 0 aliphatic carbocycles. The molecule has 14 heteroatoms. The van der Waals surface area contributed by atoms with Crippen LogP contribution in [0.2, 0.25) is 0 Å². The van der Waals surface area contributed by atoms with Gasteiger partial charge >= 0.3 is 0 Å². The van der Waals surface area contributed by atoms with Crippen molar-refractivity contribution in [2.45, 2.75) is 53.4 Å². The number of nitrogens with zero attached hydrogens (tertiary/aromatic N) is 6. The van der Waals surface area contributed by atoms with Crippen LogP contribution in [0.4, 0.5) is 11.4 Å². The predicted octanol–water partition coefficient (Wildman–Crippen LogP) is 7.47. The number of rotatable bonds is 17. The third-order valence-electron chi connectivity index (χ3n) is 11.4. The van der Waals surface area contributed by atoms with Crippen molar-refractivity contribution in [2.75, 3.05) is 67.5 Å². The van der Waals surface area contributed by atoms with Crippen molar-refractivity contribution >= 4 is 56.5 Å². The average Bonchev–Trinajstić information content (AvgIpc) is 3.12. The molecule has 58 heavy (non-hydrogen) atoms. The van der Waals surface area contributed by atoms with Gasteiger partial charge in [-0.15, -0.1) is 0 Å². The Morgan fingerprint density at radius 2 is 0.879 bits per heavy atom. The molecule has 4 amide bonds. The summed E-state index contributed by atoms with van der Waals surface area (Å²) in [6.45, 7) is 11.7. The normalized spacial score (nSPS) is 14.9. The Morgan fingerprint density at radius 3 is 1.22 bits per heavy atom. The lowest BCUT2D eigenvalue weighted by Crippen LogP contribution is -2.53. The van der Waals surface area contributed by atoms with E-state index in [1.165, 1.54) is 34.1 Å². The number of nitro benzene ring substituents is 2. The molecule has 4 aromatic rings. The highest BCUT2D eigenvalue weighted by Crippen LogP contribution is 2.37. The minimum atomic E-state index is -0.521. The molecule has 0 radical (unpaired) electrons. The van der Waals surface area contributed by atoms with E-state index < -0.39 is 32.5 Å². The van der Waals surface area contributed by atoms with Gasteiger partial charge in [0.2, 0.25) is 0 Å². The average molecular weight is 795 g/mol. The number of carbonyl (C=O) groups excluding carboxylic acids is 4. The van der Waals surface area contributed by atoms with Crippen molar-refractivity contribution in [3.05, 3.63) is 103 Å². The van der Waals surface area contributed by atoms with Crippen LogP contribution in [0.5, 0.6) is 0 Å². The lowest BCUT2D eigenvalue weighted by molar-refractivity contribution is -0.897. The van der Waals surface area contributed by atoms with E-state index in [1.807, 2.05) is 27.7 Å². The smallest absolute Gasteiger partial charge is 0.270 e. The lowest BCUT2D eigenvalue weighted by Gasteiger charge is -2.40. The van der Waals surface area contributed by atoms with E-state index in [0.29, 0.717) is 54.7 Å². The van der Waals surface area contributed by atoms with E-state index in [-0.39, 0.29) is 47.4 Å². The van der Waals surface area contributed by atoms with E-state index in [1.54, 1.807) is 36.4 Å². The maximum atomic E-state index is 13.7. The number of hydrogen-bond acceptors (Lipinski definition) is 8. The van der Waals surface area contributed by atoms with E-state index in [0.717, 1.165) is 38.8 Å². The number of imide groups is 2. The number of unbranched alkanes of at least 4 members (excludes halogenated alkanes) is 3. The van der Waals surface area contributed by atoms with Crippen LogP contribution in [-0.4, -0.2) is 120 Å². The van der Waals surface area contributed by atoms with Gasteiger partial charge in [-0.25, -0.2) is 0 Å². The van der Waals surface area contributed by atoms with Crippen LogP contribution in [0.1, 0.15) is 94.8 Å². The van der Waals surface area contributed by atoms with E-state index in [2.05, 4.69) is 28.2 Å². The van der Waals surface area contributed by atoms with Crippen molar-refractivity contribution in [1.82, 2.24) is 9.80 Å². The van der Waals surface area contributed by atoms with Crippen molar-refractivity contribution in [3.8, 4) is 0 Å². The zero-order chi connectivity index (χ0) is 42.5. The molecule has 2 heterocycles. The second-order valence-corrected chi connectivity index (χ2v) is 19.1. The van der Waals surface area contributed by atoms with Crippen LogP contribution in [0, 0.1) is 31.1 Å². The number of amides is 4. The van der Waals surface area contributed by atoms with Gasteiger partial charge in [-0.05, 0) is 48.6 Å². The van der Waals surface area contributed by atoms with Gasteiger partial charge in [0.15, 0.2) is 0 Å². The van der Waals surface area contributed by atoms with Crippen LogP contribution >= 0.6 is 0 Å². The molecule has 2 aliphatic rings. The number of nitro groups is 2. The fraction of sp³-hybridized carbons (Fsp3) is 0.455. The van der Waals surface area contributed by atoms with Gasteiger partial charge in [-0.2, -0.15) is 0 Å². The van der Waals surface area contributed by atoms with Gasteiger partial charge in [-0.3, -0.25) is 49.2 Å². The second kappa shape index (κ2) is 15.3. The summed E-state index contributed by atoms with van der Waals surface area (Å²) in [5.74, 6) is -1.78.